The minimum absolute atomic E-state index is 0.0413. The zero-order valence-electron chi connectivity index (χ0n) is 18.2. The maximum atomic E-state index is 11.2. The standard InChI is InChI=1S/C26H29N3O2/c1-19-23(9-6-10-25(19)22-7-4-3-5-8-22)18-31-26-12-11-21(15-27-26)16-29-14-13-24(17-29)28-20(2)30/h3-12,15,24H,13-14,16-18H2,1-2H3,(H,28,30). The number of pyridine rings is 1. The molecule has 0 bridgehead atoms. The molecule has 1 atom stereocenters. The van der Waals surface area contributed by atoms with Crippen LogP contribution in [0.25, 0.3) is 11.1 Å². The number of benzene rings is 2. The first kappa shape index (κ1) is 21.1. The van der Waals surface area contributed by atoms with Gasteiger partial charge < -0.3 is 10.1 Å². The first-order valence-electron chi connectivity index (χ1n) is 10.8. The van der Waals surface area contributed by atoms with Crippen LogP contribution in [0.1, 0.15) is 30.0 Å². The number of carbonyl (C=O) groups excluding carboxylic acids is 1. The quantitative estimate of drug-likeness (QED) is 0.623. The molecule has 5 nitrogen and oxygen atoms in total. The molecule has 2 aromatic carbocycles. The van der Waals surface area contributed by atoms with Crippen molar-refractivity contribution in [1.82, 2.24) is 15.2 Å². The van der Waals surface area contributed by atoms with Crippen molar-refractivity contribution in [1.29, 1.82) is 0 Å². The summed E-state index contributed by atoms with van der Waals surface area (Å²) in [6.07, 6.45) is 2.88. The van der Waals surface area contributed by atoms with Gasteiger partial charge in [-0.2, -0.15) is 0 Å². The van der Waals surface area contributed by atoms with Gasteiger partial charge in [0.15, 0.2) is 0 Å². The smallest absolute Gasteiger partial charge is 0.217 e. The molecule has 0 spiro atoms. The number of ether oxygens (including phenoxy) is 1. The van der Waals surface area contributed by atoms with E-state index in [0.29, 0.717) is 12.5 Å². The molecular weight excluding hydrogens is 386 g/mol. The Morgan fingerprint density at radius 2 is 1.97 bits per heavy atom. The first-order valence-corrected chi connectivity index (χ1v) is 10.8. The fourth-order valence-corrected chi connectivity index (χ4v) is 4.15. The van der Waals surface area contributed by atoms with Gasteiger partial charge in [-0.05, 0) is 41.2 Å². The Balaban J connectivity index is 1.34. The van der Waals surface area contributed by atoms with Gasteiger partial charge in [0.2, 0.25) is 11.8 Å². The third-order valence-electron chi connectivity index (χ3n) is 5.79. The summed E-state index contributed by atoms with van der Waals surface area (Å²) >= 11 is 0. The minimum atomic E-state index is 0.0413. The van der Waals surface area contributed by atoms with Crippen molar-refractivity contribution in [3.05, 3.63) is 83.6 Å². The van der Waals surface area contributed by atoms with Crippen molar-refractivity contribution in [2.45, 2.75) is 39.5 Å². The van der Waals surface area contributed by atoms with E-state index in [1.165, 1.54) is 16.7 Å². The Kier molecular flexibility index (Phi) is 6.63. The van der Waals surface area contributed by atoms with Crippen molar-refractivity contribution in [3.63, 3.8) is 0 Å². The van der Waals surface area contributed by atoms with Gasteiger partial charge in [-0.15, -0.1) is 0 Å². The average molecular weight is 416 g/mol. The molecule has 160 valence electrons. The molecule has 1 N–H and O–H groups in total. The van der Waals surface area contributed by atoms with Gasteiger partial charge in [-0.3, -0.25) is 9.69 Å². The minimum Gasteiger partial charge on any atom is -0.473 e. The van der Waals surface area contributed by atoms with Gasteiger partial charge in [0.05, 0.1) is 0 Å². The molecule has 0 radical (unpaired) electrons. The summed E-state index contributed by atoms with van der Waals surface area (Å²) < 4.78 is 5.98. The summed E-state index contributed by atoms with van der Waals surface area (Å²) in [5.74, 6) is 0.672. The predicted octanol–water partition coefficient (Wildman–Crippen LogP) is 4.35. The topological polar surface area (TPSA) is 54.5 Å². The van der Waals surface area contributed by atoms with Gasteiger partial charge in [-0.25, -0.2) is 4.98 Å². The van der Waals surface area contributed by atoms with E-state index in [1.54, 1.807) is 6.92 Å². The van der Waals surface area contributed by atoms with E-state index in [4.69, 9.17) is 4.74 Å². The van der Waals surface area contributed by atoms with E-state index in [2.05, 4.69) is 70.7 Å². The molecule has 1 saturated heterocycles. The Morgan fingerprint density at radius 3 is 2.71 bits per heavy atom. The molecule has 5 heteroatoms. The summed E-state index contributed by atoms with van der Waals surface area (Å²) in [5.41, 5.74) is 5.99. The summed E-state index contributed by atoms with van der Waals surface area (Å²) in [7, 11) is 0. The van der Waals surface area contributed by atoms with Crippen molar-refractivity contribution >= 4 is 5.91 Å². The average Bonchev–Trinajstić information content (AvgIpc) is 3.20. The molecule has 2 heterocycles. The Bertz CT molecular complexity index is 1020. The highest BCUT2D eigenvalue weighted by Crippen LogP contribution is 2.26. The first-order chi connectivity index (χ1) is 15.1. The van der Waals surface area contributed by atoms with Crippen molar-refractivity contribution in [2.75, 3.05) is 13.1 Å². The molecule has 1 aromatic heterocycles. The number of likely N-dealkylation sites (tertiary alicyclic amines) is 1. The Labute approximate surface area is 184 Å². The van der Waals surface area contributed by atoms with Gasteiger partial charge in [-0.1, -0.05) is 54.6 Å². The maximum Gasteiger partial charge on any atom is 0.217 e. The second-order valence-electron chi connectivity index (χ2n) is 8.17. The molecule has 31 heavy (non-hydrogen) atoms. The molecule has 1 unspecified atom stereocenters. The highest BCUT2D eigenvalue weighted by atomic mass is 16.5. The number of hydrogen-bond donors (Lipinski definition) is 1. The van der Waals surface area contributed by atoms with E-state index in [1.807, 2.05) is 18.3 Å². The summed E-state index contributed by atoms with van der Waals surface area (Å²) in [4.78, 5) is 18.1. The summed E-state index contributed by atoms with van der Waals surface area (Å²) in [6, 6.07) is 21.0. The fourth-order valence-electron chi connectivity index (χ4n) is 4.15. The lowest BCUT2D eigenvalue weighted by atomic mass is 9.97. The second-order valence-corrected chi connectivity index (χ2v) is 8.17. The molecular formula is C26H29N3O2. The lowest BCUT2D eigenvalue weighted by Crippen LogP contribution is -2.35. The third-order valence-corrected chi connectivity index (χ3v) is 5.79. The van der Waals surface area contributed by atoms with Crippen molar-refractivity contribution in [2.24, 2.45) is 0 Å². The van der Waals surface area contributed by atoms with Gasteiger partial charge >= 0.3 is 0 Å². The summed E-state index contributed by atoms with van der Waals surface area (Å²) in [5, 5.41) is 3.00. The van der Waals surface area contributed by atoms with Crippen LogP contribution in [0.2, 0.25) is 0 Å². The van der Waals surface area contributed by atoms with Crippen LogP contribution in [-0.2, 0) is 17.9 Å². The summed E-state index contributed by atoms with van der Waals surface area (Å²) in [6.45, 7) is 6.91. The number of nitrogens with zero attached hydrogens (tertiary/aromatic N) is 2. The molecule has 1 amide bonds. The van der Waals surface area contributed by atoms with E-state index >= 15 is 0 Å². The second kappa shape index (κ2) is 9.75. The number of amides is 1. The fraction of sp³-hybridized carbons (Fsp3) is 0.308. The van der Waals surface area contributed by atoms with E-state index in [9.17, 15) is 4.79 Å². The molecule has 1 aliphatic rings. The van der Waals surface area contributed by atoms with Crippen LogP contribution < -0.4 is 10.1 Å². The van der Waals surface area contributed by atoms with E-state index < -0.39 is 0 Å². The highest BCUT2D eigenvalue weighted by Gasteiger charge is 2.22. The molecule has 0 aliphatic carbocycles. The number of hydrogen-bond acceptors (Lipinski definition) is 4. The van der Waals surface area contributed by atoms with Crippen molar-refractivity contribution in [3.8, 4) is 17.0 Å². The lowest BCUT2D eigenvalue weighted by molar-refractivity contribution is -0.119. The van der Waals surface area contributed by atoms with Crippen LogP contribution in [0, 0.1) is 6.92 Å². The molecule has 4 rings (SSSR count). The molecule has 1 fully saturated rings. The SMILES string of the molecule is CC(=O)NC1CCN(Cc2ccc(OCc3cccc(-c4ccccc4)c3C)nc2)C1. The largest absolute Gasteiger partial charge is 0.473 e. The monoisotopic (exact) mass is 415 g/mol. The van der Waals surface area contributed by atoms with Crippen LogP contribution in [0.5, 0.6) is 5.88 Å². The van der Waals surface area contributed by atoms with Crippen LogP contribution in [-0.4, -0.2) is 34.9 Å². The number of carbonyl (C=O) groups is 1. The number of rotatable bonds is 7. The lowest BCUT2D eigenvalue weighted by Gasteiger charge is -2.16. The Morgan fingerprint density at radius 1 is 1.13 bits per heavy atom. The Hall–Kier alpha value is -3.18. The normalized spacial score (nSPS) is 16.3. The predicted molar refractivity (Wildman–Crippen MR) is 123 cm³/mol. The van der Waals surface area contributed by atoms with Crippen LogP contribution >= 0.6 is 0 Å². The van der Waals surface area contributed by atoms with Gasteiger partial charge in [0.25, 0.3) is 0 Å². The maximum absolute atomic E-state index is 11.2. The number of aromatic nitrogens is 1. The highest BCUT2D eigenvalue weighted by molar-refractivity contribution is 5.73. The molecule has 1 aliphatic heterocycles. The van der Waals surface area contributed by atoms with Gasteiger partial charge in [0, 0.05) is 44.9 Å². The van der Waals surface area contributed by atoms with E-state index in [0.717, 1.165) is 37.2 Å². The third kappa shape index (κ3) is 5.50. The van der Waals surface area contributed by atoms with Crippen molar-refractivity contribution < 1.29 is 9.53 Å². The van der Waals surface area contributed by atoms with Gasteiger partial charge in [0.1, 0.15) is 6.61 Å². The van der Waals surface area contributed by atoms with Crippen LogP contribution in [0.3, 0.4) is 0 Å². The van der Waals surface area contributed by atoms with Crippen LogP contribution in [0.15, 0.2) is 66.9 Å². The zero-order chi connectivity index (χ0) is 21.6. The number of nitrogens with one attached hydrogen (secondary N) is 1. The van der Waals surface area contributed by atoms with E-state index in [-0.39, 0.29) is 11.9 Å². The molecule has 3 aromatic rings. The molecule has 0 saturated carbocycles. The van der Waals surface area contributed by atoms with Crippen LogP contribution in [0.4, 0.5) is 0 Å². The zero-order valence-corrected chi connectivity index (χ0v) is 18.2.